The summed E-state index contributed by atoms with van der Waals surface area (Å²) in [7, 11) is 0. The van der Waals surface area contributed by atoms with Gasteiger partial charge in [-0.3, -0.25) is 16.0 Å². The smallest absolute Gasteiger partial charge is 0.0632 e. The van der Waals surface area contributed by atoms with Crippen LogP contribution in [0.25, 0.3) is 0 Å². The number of hydrogen-bond acceptors (Lipinski definition) is 4. The molecule has 5 nitrogen and oxygen atoms in total. The number of nitrogens with two attached hydrogens (primary N) is 1. The maximum atomic E-state index is 5.68. The molecule has 0 spiro atoms. The number of rotatable bonds is 6. The number of hydrogen-bond donors (Lipinski definition) is 2. The average molecular weight is 238 g/mol. The molecule has 1 aromatic heterocycles. The second kappa shape index (κ2) is 6.14. The molecule has 1 aromatic rings. The van der Waals surface area contributed by atoms with Crippen LogP contribution in [-0.2, 0) is 11.3 Å². The van der Waals surface area contributed by atoms with Crippen molar-refractivity contribution in [3.8, 4) is 0 Å². The summed E-state index contributed by atoms with van der Waals surface area (Å²) < 4.78 is 7.45. The molecule has 0 radical (unpaired) electrons. The van der Waals surface area contributed by atoms with Gasteiger partial charge < -0.3 is 4.74 Å². The standard InChI is InChI=1S/C12H22N4O/c1-2-6-16-12(3-5-14-16)11(15-13)8-10-4-7-17-9-10/h3,5,10-11,15H,2,4,6-9,13H2,1H3. The van der Waals surface area contributed by atoms with E-state index in [1.54, 1.807) is 0 Å². The Hall–Kier alpha value is -0.910. The Kier molecular flexibility index (Phi) is 4.53. The van der Waals surface area contributed by atoms with Crippen LogP contribution in [0.5, 0.6) is 0 Å². The van der Waals surface area contributed by atoms with Crippen molar-refractivity contribution in [1.29, 1.82) is 0 Å². The first-order valence-corrected chi connectivity index (χ1v) is 6.40. The summed E-state index contributed by atoms with van der Waals surface area (Å²) in [5.41, 5.74) is 4.10. The summed E-state index contributed by atoms with van der Waals surface area (Å²) in [6, 6.07) is 2.23. The number of nitrogens with zero attached hydrogens (tertiary/aromatic N) is 2. The molecule has 2 heterocycles. The molecule has 1 aliphatic heterocycles. The number of aromatic nitrogens is 2. The molecule has 2 unspecified atom stereocenters. The maximum Gasteiger partial charge on any atom is 0.0632 e. The van der Waals surface area contributed by atoms with Gasteiger partial charge in [0.05, 0.1) is 11.7 Å². The van der Waals surface area contributed by atoms with Crippen molar-refractivity contribution in [2.24, 2.45) is 11.8 Å². The van der Waals surface area contributed by atoms with E-state index < -0.39 is 0 Å². The molecule has 3 N–H and O–H groups in total. The third kappa shape index (κ3) is 3.06. The predicted octanol–water partition coefficient (Wildman–Crippen LogP) is 1.22. The number of hydrazine groups is 1. The highest BCUT2D eigenvalue weighted by Gasteiger charge is 2.23. The minimum absolute atomic E-state index is 0.177. The van der Waals surface area contributed by atoms with Gasteiger partial charge in [-0.2, -0.15) is 5.10 Å². The van der Waals surface area contributed by atoms with E-state index in [9.17, 15) is 0 Å². The molecule has 0 amide bonds. The van der Waals surface area contributed by atoms with Crippen LogP contribution in [0.3, 0.4) is 0 Å². The molecule has 0 saturated carbocycles. The molecule has 2 atom stereocenters. The van der Waals surface area contributed by atoms with E-state index in [4.69, 9.17) is 10.6 Å². The summed E-state index contributed by atoms with van der Waals surface area (Å²) in [5, 5.41) is 4.34. The van der Waals surface area contributed by atoms with Gasteiger partial charge in [0.25, 0.3) is 0 Å². The van der Waals surface area contributed by atoms with Gasteiger partial charge >= 0.3 is 0 Å². The lowest BCUT2D eigenvalue weighted by Gasteiger charge is -2.20. The van der Waals surface area contributed by atoms with Crippen LogP contribution in [0.4, 0.5) is 0 Å². The summed E-state index contributed by atoms with van der Waals surface area (Å²) in [5.74, 6) is 6.29. The van der Waals surface area contributed by atoms with Gasteiger partial charge in [-0.15, -0.1) is 0 Å². The fraction of sp³-hybridized carbons (Fsp3) is 0.750. The van der Waals surface area contributed by atoms with Crippen molar-refractivity contribution >= 4 is 0 Å². The molecule has 0 aromatic carbocycles. The van der Waals surface area contributed by atoms with Crippen molar-refractivity contribution in [3.63, 3.8) is 0 Å². The van der Waals surface area contributed by atoms with Gasteiger partial charge in [-0.25, -0.2) is 0 Å². The lowest BCUT2D eigenvalue weighted by atomic mass is 9.97. The maximum absolute atomic E-state index is 5.68. The second-order valence-electron chi connectivity index (χ2n) is 4.66. The van der Waals surface area contributed by atoms with Crippen LogP contribution in [-0.4, -0.2) is 23.0 Å². The van der Waals surface area contributed by atoms with Crippen molar-refractivity contribution < 1.29 is 4.74 Å². The van der Waals surface area contributed by atoms with Gasteiger partial charge in [-0.05, 0) is 31.2 Å². The average Bonchev–Trinajstić information content (AvgIpc) is 2.97. The minimum Gasteiger partial charge on any atom is -0.381 e. The van der Waals surface area contributed by atoms with Gasteiger partial charge in [0.15, 0.2) is 0 Å². The van der Waals surface area contributed by atoms with Crippen LogP contribution < -0.4 is 11.3 Å². The summed E-state index contributed by atoms with van der Waals surface area (Å²) in [4.78, 5) is 0. The molecule has 0 aliphatic carbocycles. The lowest BCUT2D eigenvalue weighted by Crippen LogP contribution is -2.31. The van der Waals surface area contributed by atoms with E-state index in [0.717, 1.165) is 39.0 Å². The Labute approximate surface area is 102 Å². The number of aryl methyl sites for hydroxylation is 1. The van der Waals surface area contributed by atoms with Gasteiger partial charge in [0.1, 0.15) is 0 Å². The van der Waals surface area contributed by atoms with Gasteiger partial charge in [0, 0.05) is 26.0 Å². The van der Waals surface area contributed by atoms with E-state index >= 15 is 0 Å². The molecule has 96 valence electrons. The topological polar surface area (TPSA) is 65.1 Å². The summed E-state index contributed by atoms with van der Waals surface area (Å²) in [6.07, 6.45) is 5.09. The van der Waals surface area contributed by atoms with Crippen molar-refractivity contribution in [1.82, 2.24) is 15.2 Å². The zero-order valence-electron chi connectivity index (χ0n) is 10.4. The van der Waals surface area contributed by atoms with Crippen molar-refractivity contribution in [2.75, 3.05) is 13.2 Å². The number of ether oxygens (including phenoxy) is 1. The van der Waals surface area contributed by atoms with Gasteiger partial charge in [-0.1, -0.05) is 6.92 Å². The largest absolute Gasteiger partial charge is 0.381 e. The van der Waals surface area contributed by atoms with Crippen LogP contribution in [0.1, 0.15) is 37.9 Å². The SMILES string of the molecule is CCCn1nccc1C(CC1CCOC1)NN. The van der Waals surface area contributed by atoms with E-state index in [1.807, 2.05) is 10.9 Å². The van der Waals surface area contributed by atoms with Crippen LogP contribution >= 0.6 is 0 Å². The highest BCUT2D eigenvalue weighted by Crippen LogP contribution is 2.25. The Bertz CT molecular complexity index is 333. The lowest BCUT2D eigenvalue weighted by molar-refractivity contribution is 0.181. The predicted molar refractivity (Wildman–Crippen MR) is 66.1 cm³/mol. The monoisotopic (exact) mass is 238 g/mol. The van der Waals surface area contributed by atoms with Crippen molar-refractivity contribution in [3.05, 3.63) is 18.0 Å². The fourth-order valence-corrected chi connectivity index (χ4v) is 2.41. The van der Waals surface area contributed by atoms with Crippen LogP contribution in [0.2, 0.25) is 0 Å². The van der Waals surface area contributed by atoms with E-state index in [0.29, 0.717) is 5.92 Å². The third-order valence-corrected chi connectivity index (χ3v) is 3.34. The molecule has 2 rings (SSSR count). The first kappa shape index (κ1) is 12.5. The van der Waals surface area contributed by atoms with E-state index in [-0.39, 0.29) is 6.04 Å². The zero-order chi connectivity index (χ0) is 12.1. The Balaban J connectivity index is 2.02. The molecule has 0 bridgehead atoms. The Morgan fingerprint density at radius 2 is 2.59 bits per heavy atom. The normalized spacial score (nSPS) is 21.9. The highest BCUT2D eigenvalue weighted by atomic mass is 16.5. The highest BCUT2D eigenvalue weighted by molar-refractivity contribution is 5.07. The molecule has 1 aliphatic rings. The van der Waals surface area contributed by atoms with E-state index in [2.05, 4.69) is 23.5 Å². The first-order chi connectivity index (χ1) is 8.35. The number of nitrogens with one attached hydrogen (secondary N) is 1. The fourth-order valence-electron chi connectivity index (χ4n) is 2.41. The molecule has 17 heavy (non-hydrogen) atoms. The summed E-state index contributed by atoms with van der Waals surface area (Å²) in [6.45, 7) is 4.85. The Morgan fingerprint density at radius 3 is 3.24 bits per heavy atom. The molecule has 1 saturated heterocycles. The molecule has 1 fully saturated rings. The minimum atomic E-state index is 0.177. The Morgan fingerprint density at radius 1 is 1.71 bits per heavy atom. The van der Waals surface area contributed by atoms with Gasteiger partial charge in [0.2, 0.25) is 0 Å². The molecular weight excluding hydrogens is 216 g/mol. The molecular formula is C12H22N4O. The second-order valence-corrected chi connectivity index (χ2v) is 4.66. The van der Waals surface area contributed by atoms with Crippen LogP contribution in [0.15, 0.2) is 12.3 Å². The quantitative estimate of drug-likeness (QED) is 0.578. The first-order valence-electron chi connectivity index (χ1n) is 6.40. The molecule has 5 heteroatoms. The van der Waals surface area contributed by atoms with E-state index in [1.165, 1.54) is 5.69 Å². The summed E-state index contributed by atoms with van der Waals surface area (Å²) >= 11 is 0. The van der Waals surface area contributed by atoms with Crippen LogP contribution in [0, 0.1) is 5.92 Å². The zero-order valence-corrected chi connectivity index (χ0v) is 10.4. The van der Waals surface area contributed by atoms with Crippen molar-refractivity contribution in [2.45, 2.75) is 38.8 Å². The third-order valence-electron chi connectivity index (χ3n) is 3.34.